The zero-order valence-corrected chi connectivity index (χ0v) is 10.9. The van der Waals surface area contributed by atoms with Crippen molar-refractivity contribution in [3.63, 3.8) is 0 Å². The molecule has 0 fully saturated rings. The fourth-order valence-electron chi connectivity index (χ4n) is 1.31. The van der Waals surface area contributed by atoms with Crippen LogP contribution in [0.5, 0.6) is 0 Å². The van der Waals surface area contributed by atoms with E-state index >= 15 is 0 Å². The molecule has 1 aromatic rings. The molecule has 0 aromatic heterocycles. The van der Waals surface area contributed by atoms with Gasteiger partial charge in [-0.1, -0.05) is 6.07 Å². The lowest BCUT2D eigenvalue weighted by atomic mass is 10.1. The van der Waals surface area contributed by atoms with Gasteiger partial charge in [0.25, 0.3) is 0 Å². The molecule has 1 rings (SSSR count). The van der Waals surface area contributed by atoms with Crippen LogP contribution in [-0.2, 0) is 10.0 Å². The van der Waals surface area contributed by atoms with Crippen LogP contribution in [0.25, 0.3) is 0 Å². The Morgan fingerprint density at radius 2 is 2.06 bits per heavy atom. The number of aryl methyl sites for hydroxylation is 1. The van der Waals surface area contributed by atoms with Gasteiger partial charge in [-0.2, -0.15) is 0 Å². The summed E-state index contributed by atoms with van der Waals surface area (Å²) in [5.41, 5.74) is 0.423. The summed E-state index contributed by atoms with van der Waals surface area (Å²) in [4.78, 5) is 10.8. The molecule has 6 nitrogen and oxygen atoms in total. The van der Waals surface area contributed by atoms with Gasteiger partial charge >= 0.3 is 5.97 Å². The number of carboxylic acid groups (broad SMARTS) is 1. The van der Waals surface area contributed by atoms with Crippen LogP contribution in [0.15, 0.2) is 23.1 Å². The molecule has 0 saturated carbocycles. The molecule has 0 aliphatic rings. The number of aliphatic hydroxyl groups excluding tert-OH is 1. The fourth-order valence-corrected chi connectivity index (χ4v) is 2.46. The molecule has 7 heteroatoms. The summed E-state index contributed by atoms with van der Waals surface area (Å²) in [5.74, 6) is -1.18. The third-order valence-electron chi connectivity index (χ3n) is 2.32. The third-order valence-corrected chi connectivity index (χ3v) is 3.74. The molecule has 0 bridgehead atoms. The standard InChI is InChI=1S/C11H15NO5S/c1-7-3-4-9(5-10(7)11(14)15)18(16,17)12-6-8(2)13/h3-5,8,12-13H,6H2,1-2H3,(H,14,15). The van der Waals surface area contributed by atoms with E-state index in [0.29, 0.717) is 5.56 Å². The summed E-state index contributed by atoms with van der Waals surface area (Å²) in [7, 11) is -3.80. The Hall–Kier alpha value is -1.44. The quantitative estimate of drug-likeness (QED) is 0.718. The van der Waals surface area contributed by atoms with E-state index in [4.69, 9.17) is 10.2 Å². The maximum Gasteiger partial charge on any atom is 0.335 e. The van der Waals surface area contributed by atoms with Crippen molar-refractivity contribution < 1.29 is 23.4 Å². The van der Waals surface area contributed by atoms with Crippen LogP contribution in [0, 0.1) is 6.92 Å². The van der Waals surface area contributed by atoms with E-state index in [1.807, 2.05) is 0 Å². The predicted molar refractivity (Wildman–Crippen MR) is 65.0 cm³/mol. The number of benzene rings is 1. The Labute approximate surface area is 105 Å². The van der Waals surface area contributed by atoms with Crippen molar-refractivity contribution in [2.24, 2.45) is 0 Å². The number of hydrogen-bond acceptors (Lipinski definition) is 4. The first-order valence-electron chi connectivity index (χ1n) is 5.25. The van der Waals surface area contributed by atoms with Gasteiger partial charge in [0.05, 0.1) is 16.6 Å². The van der Waals surface area contributed by atoms with Crippen molar-refractivity contribution in [1.82, 2.24) is 4.72 Å². The van der Waals surface area contributed by atoms with Crippen LogP contribution in [-0.4, -0.2) is 37.2 Å². The van der Waals surface area contributed by atoms with Gasteiger partial charge in [0, 0.05) is 6.54 Å². The molecule has 1 unspecified atom stereocenters. The van der Waals surface area contributed by atoms with E-state index in [1.54, 1.807) is 6.92 Å². The van der Waals surface area contributed by atoms with Gasteiger partial charge < -0.3 is 10.2 Å². The van der Waals surface area contributed by atoms with Gasteiger partial charge in [0.2, 0.25) is 10.0 Å². The first-order valence-corrected chi connectivity index (χ1v) is 6.74. The summed E-state index contributed by atoms with van der Waals surface area (Å²) >= 11 is 0. The lowest BCUT2D eigenvalue weighted by Gasteiger charge is -2.09. The Bertz CT molecular complexity index is 551. The summed E-state index contributed by atoms with van der Waals surface area (Å²) in [6, 6.07) is 3.86. The molecule has 0 radical (unpaired) electrons. The zero-order chi connectivity index (χ0) is 13.9. The average Bonchev–Trinajstić information content (AvgIpc) is 2.26. The van der Waals surface area contributed by atoms with Crippen LogP contribution < -0.4 is 4.72 Å². The normalized spacial score (nSPS) is 13.3. The van der Waals surface area contributed by atoms with Gasteiger partial charge in [-0.3, -0.25) is 0 Å². The van der Waals surface area contributed by atoms with Crippen molar-refractivity contribution in [3.8, 4) is 0 Å². The highest BCUT2D eigenvalue weighted by molar-refractivity contribution is 7.89. The monoisotopic (exact) mass is 273 g/mol. The molecular formula is C11H15NO5S. The third kappa shape index (κ3) is 3.52. The predicted octanol–water partition coefficient (Wildman–Crippen LogP) is 0.352. The van der Waals surface area contributed by atoms with Crippen molar-refractivity contribution in [2.45, 2.75) is 24.8 Å². The maximum atomic E-state index is 11.8. The number of nitrogens with one attached hydrogen (secondary N) is 1. The number of sulfonamides is 1. The van der Waals surface area contributed by atoms with Crippen molar-refractivity contribution in [3.05, 3.63) is 29.3 Å². The minimum atomic E-state index is -3.80. The summed E-state index contributed by atoms with van der Waals surface area (Å²) in [6.07, 6.45) is -0.816. The van der Waals surface area contributed by atoms with Crippen LogP contribution in [0.3, 0.4) is 0 Å². The highest BCUT2D eigenvalue weighted by Gasteiger charge is 2.17. The first kappa shape index (κ1) is 14.6. The Morgan fingerprint density at radius 1 is 1.44 bits per heavy atom. The summed E-state index contributed by atoms with van der Waals surface area (Å²) in [6.45, 7) is 2.90. The second-order valence-corrected chi connectivity index (χ2v) is 5.75. The van der Waals surface area contributed by atoms with Gasteiger partial charge in [0.15, 0.2) is 0 Å². The number of aromatic carboxylic acids is 1. The Kier molecular flexibility index (Phi) is 4.44. The van der Waals surface area contributed by atoms with Crippen LogP contribution in [0.2, 0.25) is 0 Å². The minimum Gasteiger partial charge on any atom is -0.478 e. The molecule has 18 heavy (non-hydrogen) atoms. The molecule has 0 heterocycles. The number of carbonyl (C=O) groups is 1. The van der Waals surface area contributed by atoms with Crippen LogP contribution in [0.4, 0.5) is 0 Å². The van der Waals surface area contributed by atoms with E-state index in [1.165, 1.54) is 19.1 Å². The highest BCUT2D eigenvalue weighted by atomic mass is 32.2. The topological polar surface area (TPSA) is 104 Å². The second kappa shape index (κ2) is 5.47. The molecule has 0 saturated heterocycles. The van der Waals surface area contributed by atoms with E-state index < -0.39 is 22.1 Å². The summed E-state index contributed by atoms with van der Waals surface area (Å²) < 4.78 is 25.8. The van der Waals surface area contributed by atoms with E-state index in [-0.39, 0.29) is 17.0 Å². The Balaban J connectivity index is 3.10. The molecule has 1 atom stereocenters. The summed E-state index contributed by atoms with van der Waals surface area (Å²) in [5, 5.41) is 17.9. The SMILES string of the molecule is Cc1ccc(S(=O)(=O)NCC(C)O)cc1C(=O)O. The van der Waals surface area contributed by atoms with Gasteiger partial charge in [-0.15, -0.1) is 0 Å². The van der Waals surface area contributed by atoms with Crippen LogP contribution in [0.1, 0.15) is 22.8 Å². The molecule has 3 N–H and O–H groups in total. The molecule has 1 aromatic carbocycles. The lowest BCUT2D eigenvalue weighted by molar-refractivity contribution is 0.0696. The molecule has 0 aliphatic heterocycles. The van der Waals surface area contributed by atoms with Gasteiger partial charge in [-0.25, -0.2) is 17.9 Å². The zero-order valence-electron chi connectivity index (χ0n) is 10.0. The smallest absolute Gasteiger partial charge is 0.335 e. The number of carboxylic acids is 1. The largest absolute Gasteiger partial charge is 0.478 e. The highest BCUT2D eigenvalue weighted by Crippen LogP contribution is 2.15. The van der Waals surface area contributed by atoms with Crippen molar-refractivity contribution >= 4 is 16.0 Å². The van der Waals surface area contributed by atoms with Crippen molar-refractivity contribution in [2.75, 3.05) is 6.54 Å². The number of rotatable bonds is 5. The van der Waals surface area contributed by atoms with Crippen LogP contribution >= 0.6 is 0 Å². The number of hydrogen-bond donors (Lipinski definition) is 3. The maximum absolute atomic E-state index is 11.8. The van der Waals surface area contributed by atoms with Gasteiger partial charge in [-0.05, 0) is 31.5 Å². The molecule has 0 aliphatic carbocycles. The molecular weight excluding hydrogens is 258 g/mol. The molecule has 0 amide bonds. The van der Waals surface area contributed by atoms with E-state index in [9.17, 15) is 13.2 Å². The Morgan fingerprint density at radius 3 is 2.56 bits per heavy atom. The van der Waals surface area contributed by atoms with E-state index in [0.717, 1.165) is 6.07 Å². The van der Waals surface area contributed by atoms with Gasteiger partial charge in [0.1, 0.15) is 0 Å². The molecule has 100 valence electrons. The average molecular weight is 273 g/mol. The van der Waals surface area contributed by atoms with Crippen molar-refractivity contribution in [1.29, 1.82) is 0 Å². The number of aliphatic hydroxyl groups is 1. The minimum absolute atomic E-state index is 0.0603. The lowest BCUT2D eigenvalue weighted by Crippen LogP contribution is -2.30. The second-order valence-electron chi connectivity index (χ2n) is 3.98. The molecule has 0 spiro atoms. The van der Waals surface area contributed by atoms with E-state index in [2.05, 4.69) is 4.72 Å². The fraction of sp³-hybridized carbons (Fsp3) is 0.364. The first-order chi connectivity index (χ1) is 8.24.